The third-order valence-corrected chi connectivity index (χ3v) is 4.51. The average Bonchev–Trinajstić information content (AvgIpc) is 2.41. The van der Waals surface area contributed by atoms with Crippen molar-refractivity contribution in [1.29, 1.82) is 0 Å². The van der Waals surface area contributed by atoms with E-state index >= 15 is 0 Å². The molecule has 0 radical (unpaired) electrons. The van der Waals surface area contributed by atoms with Crippen LogP contribution in [0, 0.1) is 11.7 Å². The molecule has 0 atom stereocenters. The van der Waals surface area contributed by atoms with Crippen LogP contribution in [0.1, 0.15) is 23.2 Å². The van der Waals surface area contributed by atoms with Crippen LogP contribution in [0.3, 0.4) is 0 Å². The monoisotopic (exact) mass is 333 g/mol. The summed E-state index contributed by atoms with van der Waals surface area (Å²) in [6, 6.07) is 4.54. The fourth-order valence-corrected chi connectivity index (χ4v) is 2.95. The summed E-state index contributed by atoms with van der Waals surface area (Å²) in [4.78, 5) is 13.9. The lowest BCUT2D eigenvalue weighted by atomic mass is 9.98. The standard InChI is InChI=1S/C13H14BrClFNO/c14-8-9-4-6-17(7-5-9)13(18)10-2-1-3-11(15)12(10)16/h1-3,9H,4-8H2. The van der Waals surface area contributed by atoms with Gasteiger partial charge in [0.1, 0.15) is 0 Å². The number of carbonyl (C=O) groups is 1. The van der Waals surface area contributed by atoms with Gasteiger partial charge in [0.2, 0.25) is 0 Å². The van der Waals surface area contributed by atoms with Gasteiger partial charge < -0.3 is 4.90 Å². The van der Waals surface area contributed by atoms with Crippen molar-refractivity contribution in [2.75, 3.05) is 18.4 Å². The van der Waals surface area contributed by atoms with Gasteiger partial charge >= 0.3 is 0 Å². The summed E-state index contributed by atoms with van der Waals surface area (Å²) in [6.07, 6.45) is 1.92. The normalized spacial score (nSPS) is 16.9. The summed E-state index contributed by atoms with van der Waals surface area (Å²) in [5.74, 6) is -0.270. The van der Waals surface area contributed by atoms with Crippen LogP contribution in [-0.2, 0) is 0 Å². The summed E-state index contributed by atoms with van der Waals surface area (Å²) in [5.41, 5.74) is 0.0693. The maximum Gasteiger partial charge on any atom is 0.256 e. The van der Waals surface area contributed by atoms with Crippen molar-refractivity contribution >= 4 is 33.4 Å². The zero-order valence-corrected chi connectivity index (χ0v) is 12.2. The molecule has 0 aromatic heterocycles. The molecule has 2 nitrogen and oxygen atoms in total. The van der Waals surface area contributed by atoms with E-state index < -0.39 is 5.82 Å². The molecule has 0 bridgehead atoms. The lowest BCUT2D eigenvalue weighted by molar-refractivity contribution is 0.0694. The Bertz CT molecular complexity index is 447. The van der Waals surface area contributed by atoms with E-state index in [1.165, 1.54) is 12.1 Å². The summed E-state index contributed by atoms with van der Waals surface area (Å²) >= 11 is 9.14. The number of nitrogens with zero attached hydrogens (tertiary/aromatic N) is 1. The van der Waals surface area contributed by atoms with E-state index in [2.05, 4.69) is 15.9 Å². The molecule has 0 saturated carbocycles. The van der Waals surface area contributed by atoms with E-state index in [1.54, 1.807) is 11.0 Å². The highest BCUT2D eigenvalue weighted by molar-refractivity contribution is 9.09. The third-order valence-electron chi connectivity index (χ3n) is 3.30. The number of piperidine rings is 1. The molecule has 0 unspecified atom stereocenters. The van der Waals surface area contributed by atoms with Crippen molar-refractivity contribution in [2.24, 2.45) is 5.92 Å². The van der Waals surface area contributed by atoms with Gasteiger partial charge in [-0.1, -0.05) is 33.6 Å². The summed E-state index contributed by atoms with van der Waals surface area (Å²) in [6.45, 7) is 1.36. The Morgan fingerprint density at radius 3 is 2.72 bits per heavy atom. The minimum atomic E-state index is -0.619. The Labute approximate surface area is 119 Å². The van der Waals surface area contributed by atoms with E-state index in [9.17, 15) is 9.18 Å². The van der Waals surface area contributed by atoms with E-state index in [0.29, 0.717) is 19.0 Å². The molecule has 1 aromatic rings. The SMILES string of the molecule is O=C(c1cccc(Cl)c1F)N1CCC(CBr)CC1. The van der Waals surface area contributed by atoms with Gasteiger partial charge in [-0.25, -0.2) is 4.39 Å². The molecule has 1 amide bonds. The smallest absolute Gasteiger partial charge is 0.256 e. The predicted molar refractivity (Wildman–Crippen MR) is 73.8 cm³/mol. The number of likely N-dealkylation sites (tertiary alicyclic amines) is 1. The fraction of sp³-hybridized carbons (Fsp3) is 0.462. The molecule has 0 N–H and O–H groups in total. The second kappa shape index (κ2) is 6.02. The van der Waals surface area contributed by atoms with E-state index in [-0.39, 0.29) is 16.5 Å². The van der Waals surface area contributed by atoms with Gasteiger partial charge in [-0.05, 0) is 30.9 Å². The lowest BCUT2D eigenvalue weighted by Crippen LogP contribution is -2.39. The Morgan fingerprint density at radius 1 is 1.44 bits per heavy atom. The maximum absolute atomic E-state index is 13.8. The first kappa shape index (κ1) is 13.8. The largest absolute Gasteiger partial charge is 0.339 e. The number of hydrogen-bond donors (Lipinski definition) is 0. The van der Waals surface area contributed by atoms with Crippen LogP contribution in [0.15, 0.2) is 18.2 Å². The Morgan fingerprint density at radius 2 is 2.11 bits per heavy atom. The van der Waals surface area contributed by atoms with Gasteiger partial charge in [-0.15, -0.1) is 0 Å². The van der Waals surface area contributed by atoms with Gasteiger partial charge in [-0.2, -0.15) is 0 Å². The van der Waals surface area contributed by atoms with Gasteiger partial charge in [0.15, 0.2) is 5.82 Å². The van der Waals surface area contributed by atoms with Crippen LogP contribution < -0.4 is 0 Å². The molecule has 2 rings (SSSR count). The van der Waals surface area contributed by atoms with E-state index in [4.69, 9.17) is 11.6 Å². The van der Waals surface area contributed by atoms with Gasteiger partial charge in [0.25, 0.3) is 5.91 Å². The molecule has 98 valence electrons. The van der Waals surface area contributed by atoms with Crippen molar-refractivity contribution < 1.29 is 9.18 Å². The van der Waals surface area contributed by atoms with Crippen molar-refractivity contribution in [2.45, 2.75) is 12.8 Å². The van der Waals surface area contributed by atoms with Crippen LogP contribution in [-0.4, -0.2) is 29.2 Å². The molecule has 1 aliphatic heterocycles. The summed E-state index contributed by atoms with van der Waals surface area (Å²) in [7, 11) is 0. The van der Waals surface area contributed by atoms with Crippen LogP contribution >= 0.6 is 27.5 Å². The molecular formula is C13H14BrClFNO. The van der Waals surface area contributed by atoms with Crippen molar-refractivity contribution in [1.82, 2.24) is 4.90 Å². The minimum absolute atomic E-state index is 0.00352. The highest BCUT2D eigenvalue weighted by Crippen LogP contribution is 2.23. The second-order valence-electron chi connectivity index (χ2n) is 4.49. The molecule has 1 saturated heterocycles. The summed E-state index contributed by atoms with van der Waals surface area (Å²) < 4.78 is 13.8. The number of carbonyl (C=O) groups excluding carboxylic acids is 1. The molecular weight excluding hydrogens is 321 g/mol. The van der Waals surface area contributed by atoms with Crippen molar-refractivity contribution in [3.8, 4) is 0 Å². The lowest BCUT2D eigenvalue weighted by Gasteiger charge is -2.31. The van der Waals surface area contributed by atoms with Crippen molar-refractivity contribution in [3.05, 3.63) is 34.6 Å². The number of halogens is 3. The molecule has 0 aliphatic carbocycles. The third kappa shape index (κ3) is 2.86. The number of hydrogen-bond acceptors (Lipinski definition) is 1. The Hall–Kier alpha value is -0.610. The van der Waals surface area contributed by atoms with Gasteiger partial charge in [0.05, 0.1) is 10.6 Å². The number of rotatable bonds is 2. The zero-order chi connectivity index (χ0) is 13.1. The molecule has 1 fully saturated rings. The highest BCUT2D eigenvalue weighted by Gasteiger charge is 2.25. The molecule has 1 aliphatic rings. The first-order chi connectivity index (χ1) is 8.63. The molecule has 5 heteroatoms. The van der Waals surface area contributed by atoms with Gasteiger partial charge in [-0.3, -0.25) is 4.79 Å². The number of benzene rings is 1. The van der Waals surface area contributed by atoms with E-state index in [1.807, 2.05) is 0 Å². The predicted octanol–water partition coefficient (Wildman–Crippen LogP) is 3.73. The Balaban J connectivity index is 2.10. The Kier molecular flexibility index (Phi) is 4.62. The molecule has 18 heavy (non-hydrogen) atoms. The number of amides is 1. The minimum Gasteiger partial charge on any atom is -0.339 e. The van der Waals surface area contributed by atoms with Crippen LogP contribution in [0.2, 0.25) is 5.02 Å². The van der Waals surface area contributed by atoms with E-state index in [0.717, 1.165) is 18.2 Å². The first-order valence-electron chi connectivity index (χ1n) is 5.92. The zero-order valence-electron chi connectivity index (χ0n) is 9.83. The molecule has 1 heterocycles. The maximum atomic E-state index is 13.8. The second-order valence-corrected chi connectivity index (χ2v) is 5.55. The van der Waals surface area contributed by atoms with Crippen molar-refractivity contribution in [3.63, 3.8) is 0 Å². The fourth-order valence-electron chi connectivity index (χ4n) is 2.13. The van der Waals surface area contributed by atoms with Gasteiger partial charge in [0, 0.05) is 18.4 Å². The topological polar surface area (TPSA) is 20.3 Å². The van der Waals surface area contributed by atoms with Crippen LogP contribution in [0.4, 0.5) is 4.39 Å². The first-order valence-corrected chi connectivity index (χ1v) is 7.42. The average molecular weight is 335 g/mol. The summed E-state index contributed by atoms with van der Waals surface area (Å²) in [5, 5.41) is 0.955. The number of alkyl halides is 1. The quantitative estimate of drug-likeness (QED) is 0.755. The molecule has 1 aromatic carbocycles. The van der Waals surface area contributed by atoms with Crippen LogP contribution in [0.5, 0.6) is 0 Å². The molecule has 0 spiro atoms. The highest BCUT2D eigenvalue weighted by atomic mass is 79.9. The van der Waals surface area contributed by atoms with Crippen LogP contribution in [0.25, 0.3) is 0 Å².